The van der Waals surface area contributed by atoms with Gasteiger partial charge in [0.2, 0.25) is 5.91 Å². The van der Waals surface area contributed by atoms with Crippen molar-refractivity contribution in [2.75, 3.05) is 7.05 Å². The highest BCUT2D eigenvalue weighted by atomic mass is 16.6. The molecule has 1 rings (SSSR count). The molecule has 21 heavy (non-hydrogen) atoms. The first-order valence-corrected chi connectivity index (χ1v) is 6.98. The number of nitrogens with one attached hydrogen (secondary N) is 1. The summed E-state index contributed by atoms with van der Waals surface area (Å²) in [5, 5.41) is 2.81. The van der Waals surface area contributed by atoms with Crippen LogP contribution in [-0.4, -0.2) is 35.6 Å². The van der Waals surface area contributed by atoms with Gasteiger partial charge < -0.3 is 10.1 Å². The smallest absolute Gasteiger partial charge is 0.410 e. The third-order valence-corrected chi connectivity index (χ3v) is 2.95. The fourth-order valence-electron chi connectivity index (χ4n) is 1.60. The number of rotatable bonds is 4. The first kappa shape index (κ1) is 17.0. The lowest BCUT2D eigenvalue weighted by Gasteiger charge is -2.28. The molecule has 116 valence electrons. The summed E-state index contributed by atoms with van der Waals surface area (Å²) in [5.41, 5.74) is 0.434. The van der Waals surface area contributed by atoms with Gasteiger partial charge in [0.1, 0.15) is 11.6 Å². The molecule has 2 amide bonds. The molecule has 0 aliphatic heterocycles. The Bertz CT molecular complexity index is 480. The van der Waals surface area contributed by atoms with Crippen molar-refractivity contribution in [2.45, 2.75) is 45.9 Å². The summed E-state index contributed by atoms with van der Waals surface area (Å²) in [6.07, 6.45) is -0.509. The van der Waals surface area contributed by atoms with Gasteiger partial charge >= 0.3 is 6.09 Å². The van der Waals surface area contributed by atoms with Crippen LogP contribution in [0.15, 0.2) is 30.3 Å². The highest BCUT2D eigenvalue weighted by Crippen LogP contribution is 2.10. The van der Waals surface area contributed by atoms with Crippen molar-refractivity contribution in [1.29, 1.82) is 0 Å². The van der Waals surface area contributed by atoms with E-state index in [-0.39, 0.29) is 5.91 Å². The Morgan fingerprint density at radius 2 is 1.81 bits per heavy atom. The monoisotopic (exact) mass is 292 g/mol. The molecule has 0 saturated heterocycles. The summed E-state index contributed by atoms with van der Waals surface area (Å²) in [5.74, 6) is -0.216. The van der Waals surface area contributed by atoms with E-state index in [9.17, 15) is 9.59 Å². The minimum Gasteiger partial charge on any atom is -0.444 e. The van der Waals surface area contributed by atoms with Crippen molar-refractivity contribution in [3.63, 3.8) is 0 Å². The van der Waals surface area contributed by atoms with Crippen molar-refractivity contribution >= 4 is 12.0 Å². The Morgan fingerprint density at radius 3 is 2.33 bits per heavy atom. The molecule has 1 N–H and O–H groups in total. The maximum absolute atomic E-state index is 12.1. The predicted molar refractivity (Wildman–Crippen MR) is 81.7 cm³/mol. The van der Waals surface area contributed by atoms with Gasteiger partial charge in [-0.2, -0.15) is 0 Å². The zero-order valence-corrected chi connectivity index (χ0v) is 13.3. The average Bonchev–Trinajstić information content (AvgIpc) is 2.42. The van der Waals surface area contributed by atoms with Crippen LogP contribution in [-0.2, 0) is 16.1 Å². The number of nitrogens with zero attached hydrogens (tertiary/aromatic N) is 1. The van der Waals surface area contributed by atoms with Crippen LogP contribution < -0.4 is 5.32 Å². The molecule has 1 aromatic carbocycles. The van der Waals surface area contributed by atoms with Crippen LogP contribution in [0.4, 0.5) is 4.79 Å². The van der Waals surface area contributed by atoms with Crippen LogP contribution >= 0.6 is 0 Å². The molecule has 0 radical (unpaired) electrons. The number of benzene rings is 1. The van der Waals surface area contributed by atoms with Crippen LogP contribution in [0.2, 0.25) is 0 Å². The summed E-state index contributed by atoms with van der Waals surface area (Å²) < 4.78 is 5.24. The lowest BCUT2D eigenvalue weighted by molar-refractivity contribution is -0.125. The first-order valence-electron chi connectivity index (χ1n) is 6.98. The molecule has 0 aliphatic carbocycles. The molecule has 0 unspecified atom stereocenters. The molecular formula is C16H24N2O3. The van der Waals surface area contributed by atoms with E-state index < -0.39 is 17.7 Å². The zero-order valence-electron chi connectivity index (χ0n) is 13.3. The number of hydrogen-bond acceptors (Lipinski definition) is 3. The molecule has 5 nitrogen and oxygen atoms in total. The van der Waals surface area contributed by atoms with Crippen LogP contribution in [0.3, 0.4) is 0 Å². The number of amides is 2. The Kier molecular flexibility index (Phi) is 5.76. The minimum atomic E-state index is -0.594. The summed E-state index contributed by atoms with van der Waals surface area (Å²) in [6.45, 7) is 7.48. The summed E-state index contributed by atoms with van der Waals surface area (Å²) in [7, 11) is 1.56. The third kappa shape index (κ3) is 5.85. The second kappa shape index (κ2) is 7.11. The Hall–Kier alpha value is -2.04. The summed E-state index contributed by atoms with van der Waals surface area (Å²) in [4.78, 5) is 25.3. The van der Waals surface area contributed by atoms with Crippen LogP contribution in [0, 0.1) is 0 Å². The van der Waals surface area contributed by atoms with Crippen molar-refractivity contribution in [3.8, 4) is 0 Å². The zero-order chi connectivity index (χ0) is 16.0. The van der Waals surface area contributed by atoms with Gasteiger partial charge in [0.05, 0.1) is 0 Å². The quantitative estimate of drug-likeness (QED) is 0.928. The molecule has 0 spiro atoms. The lowest BCUT2D eigenvalue weighted by Crippen LogP contribution is -2.47. The van der Waals surface area contributed by atoms with Crippen molar-refractivity contribution < 1.29 is 14.3 Å². The molecule has 1 aromatic rings. The van der Waals surface area contributed by atoms with Crippen molar-refractivity contribution in [2.24, 2.45) is 0 Å². The molecule has 1 atom stereocenters. The average molecular weight is 292 g/mol. The van der Waals surface area contributed by atoms with Crippen LogP contribution in [0.5, 0.6) is 0 Å². The molecule has 0 aromatic heterocycles. The Morgan fingerprint density at radius 1 is 1.24 bits per heavy atom. The largest absolute Gasteiger partial charge is 0.444 e. The molecule has 5 heteroatoms. The fraction of sp³-hybridized carbons (Fsp3) is 0.500. The summed E-state index contributed by atoms with van der Waals surface area (Å²) in [6, 6.07) is 9.02. The number of likely N-dealkylation sites (N-methyl/N-ethyl adjacent to an activating group) is 1. The number of carbonyl (C=O) groups excluding carboxylic acids is 2. The van der Waals surface area contributed by atoms with Gasteiger partial charge in [-0.15, -0.1) is 0 Å². The van der Waals surface area contributed by atoms with Gasteiger partial charge in [-0.3, -0.25) is 9.69 Å². The highest BCUT2D eigenvalue weighted by Gasteiger charge is 2.26. The molecule has 0 aliphatic rings. The molecule has 0 heterocycles. The van der Waals surface area contributed by atoms with Crippen LogP contribution in [0.25, 0.3) is 0 Å². The van der Waals surface area contributed by atoms with E-state index in [2.05, 4.69) is 5.32 Å². The predicted octanol–water partition coefficient (Wildman–Crippen LogP) is 2.56. The van der Waals surface area contributed by atoms with Crippen LogP contribution in [0.1, 0.15) is 33.3 Å². The van der Waals surface area contributed by atoms with E-state index in [1.54, 1.807) is 34.7 Å². The Labute approximate surface area is 126 Å². The van der Waals surface area contributed by atoms with Gasteiger partial charge in [-0.25, -0.2) is 4.79 Å². The Balaban J connectivity index is 2.51. The SMILES string of the molecule is C[C@H](C(=O)NCc1ccccc1)N(C)C(=O)OC(C)(C)C. The van der Waals surface area contributed by atoms with E-state index in [1.807, 2.05) is 30.3 Å². The van der Waals surface area contributed by atoms with E-state index in [0.717, 1.165) is 5.56 Å². The molecule has 0 saturated carbocycles. The maximum Gasteiger partial charge on any atom is 0.410 e. The van der Waals surface area contributed by atoms with Gasteiger partial charge in [0, 0.05) is 13.6 Å². The topological polar surface area (TPSA) is 58.6 Å². The second-order valence-corrected chi connectivity index (χ2v) is 5.97. The van der Waals surface area contributed by atoms with Gasteiger partial charge in [0.25, 0.3) is 0 Å². The fourth-order valence-corrected chi connectivity index (χ4v) is 1.60. The van der Waals surface area contributed by atoms with E-state index >= 15 is 0 Å². The molecule has 0 bridgehead atoms. The maximum atomic E-state index is 12.1. The highest BCUT2D eigenvalue weighted by molar-refractivity contribution is 5.85. The molecular weight excluding hydrogens is 268 g/mol. The number of hydrogen-bond donors (Lipinski definition) is 1. The minimum absolute atomic E-state index is 0.216. The van der Waals surface area contributed by atoms with Crippen molar-refractivity contribution in [1.82, 2.24) is 10.2 Å². The van der Waals surface area contributed by atoms with Gasteiger partial charge in [0.15, 0.2) is 0 Å². The van der Waals surface area contributed by atoms with Gasteiger partial charge in [-0.05, 0) is 33.3 Å². The summed E-state index contributed by atoms with van der Waals surface area (Å²) >= 11 is 0. The standard InChI is InChI=1S/C16H24N2O3/c1-12(18(5)15(20)21-16(2,3)4)14(19)17-11-13-9-7-6-8-10-13/h6-10,12H,11H2,1-5H3,(H,17,19)/t12-/m1/s1. The van der Waals surface area contributed by atoms with Gasteiger partial charge in [-0.1, -0.05) is 30.3 Å². The molecule has 0 fully saturated rings. The number of ether oxygens (including phenoxy) is 1. The number of carbonyl (C=O) groups is 2. The van der Waals surface area contributed by atoms with E-state index in [1.165, 1.54) is 4.90 Å². The second-order valence-electron chi connectivity index (χ2n) is 5.97. The first-order chi connectivity index (χ1) is 9.70. The van der Waals surface area contributed by atoms with Crippen molar-refractivity contribution in [3.05, 3.63) is 35.9 Å². The van der Waals surface area contributed by atoms with E-state index in [0.29, 0.717) is 6.54 Å². The third-order valence-electron chi connectivity index (χ3n) is 2.95. The lowest BCUT2D eigenvalue weighted by atomic mass is 10.2. The van der Waals surface area contributed by atoms with E-state index in [4.69, 9.17) is 4.74 Å². The normalized spacial score (nSPS) is 12.4.